The standard InChI is InChI=1S/C33H20ClN3S.C31H18ClN3O.C31H18ClN3S/c34-33-36-31(23-19-17-22(18-20-23)21-9-2-1-3-10-21)35-32(37-33)26-12-5-4-11-24(26)25-14-8-16-29-30(25)27-13-6-7-15-28(27)38-29;32-31-34-29(21-11-5-10-20(18-21)23-14-6-9-19-8-1-2-12-22(19)23)33-30(35-31)25-15-7-17-27-28(25)24-13-3-4-16-26(24)36-27;32-31-34-29(21-14-12-20(13-15-21)24-10-5-7-19-6-1-2-8-23(19)24)33-30(35-31)22-16-17-28-26(18-22)25-9-3-4-11-27(25)36-28/h1-20H;2*1-18H. The summed E-state index contributed by atoms with van der Waals surface area (Å²) in [5.74, 6) is 3.27. The van der Waals surface area contributed by atoms with Crippen LogP contribution >= 0.6 is 57.5 Å². The zero-order chi connectivity index (χ0) is 73.6. The highest BCUT2D eigenvalue weighted by Gasteiger charge is 2.21. The van der Waals surface area contributed by atoms with E-state index < -0.39 is 0 Å². The molecule has 6 aromatic heterocycles. The molecule has 15 aromatic carbocycles. The molecule has 0 atom stereocenters. The van der Waals surface area contributed by atoms with Gasteiger partial charge >= 0.3 is 0 Å². The maximum atomic E-state index is 6.47. The minimum absolute atomic E-state index is 0.148. The number of rotatable bonds is 10. The predicted molar refractivity (Wildman–Crippen MR) is 457 cm³/mol. The van der Waals surface area contributed by atoms with Gasteiger partial charge in [-0.25, -0.2) is 15.0 Å². The van der Waals surface area contributed by atoms with E-state index in [0.717, 1.165) is 94.3 Å². The number of aromatic nitrogens is 9. The summed E-state index contributed by atoms with van der Waals surface area (Å²) in [6, 6.07) is 117. The lowest BCUT2D eigenvalue weighted by Gasteiger charge is -2.12. The van der Waals surface area contributed by atoms with E-state index in [0.29, 0.717) is 34.9 Å². The van der Waals surface area contributed by atoms with Crippen LogP contribution in [0.5, 0.6) is 0 Å². The van der Waals surface area contributed by atoms with Crippen LogP contribution < -0.4 is 0 Å². The summed E-state index contributed by atoms with van der Waals surface area (Å²) in [4.78, 5) is 41.4. The molecule has 520 valence electrons. The number of nitrogens with zero attached hydrogens (tertiary/aromatic N) is 9. The molecule has 0 N–H and O–H groups in total. The van der Waals surface area contributed by atoms with Gasteiger partial charge in [-0.1, -0.05) is 285 Å². The Morgan fingerprint density at radius 1 is 0.200 bits per heavy atom. The fraction of sp³-hybridized carbons (Fsp3) is 0. The summed E-state index contributed by atoms with van der Waals surface area (Å²) >= 11 is 22.9. The molecule has 0 saturated carbocycles. The second-order valence-electron chi connectivity index (χ2n) is 26.3. The van der Waals surface area contributed by atoms with Gasteiger partial charge < -0.3 is 4.42 Å². The van der Waals surface area contributed by atoms with Crippen molar-refractivity contribution in [3.8, 4) is 113 Å². The van der Waals surface area contributed by atoms with Crippen molar-refractivity contribution in [2.45, 2.75) is 0 Å². The van der Waals surface area contributed by atoms with Gasteiger partial charge in [0, 0.05) is 84.5 Å². The van der Waals surface area contributed by atoms with Crippen LogP contribution in [0.2, 0.25) is 15.9 Å². The largest absolute Gasteiger partial charge is 0.456 e. The molecule has 0 aliphatic heterocycles. The number of hydrogen-bond donors (Lipinski definition) is 0. The van der Waals surface area contributed by atoms with Gasteiger partial charge in [0.05, 0.1) is 0 Å². The van der Waals surface area contributed by atoms with Crippen molar-refractivity contribution in [3.63, 3.8) is 0 Å². The molecule has 10 nitrogen and oxygen atoms in total. The van der Waals surface area contributed by atoms with E-state index in [1.165, 1.54) is 67.5 Å². The van der Waals surface area contributed by atoms with Crippen LogP contribution in [0, 0.1) is 0 Å². The van der Waals surface area contributed by atoms with Gasteiger partial charge in [-0.3, -0.25) is 0 Å². The number of benzene rings is 15. The molecule has 15 heteroatoms. The summed E-state index contributed by atoms with van der Waals surface area (Å²) in [7, 11) is 0. The molecule has 21 aromatic rings. The Kier molecular flexibility index (Phi) is 18.0. The summed E-state index contributed by atoms with van der Waals surface area (Å²) < 4.78 is 11.1. The number of furan rings is 1. The Morgan fingerprint density at radius 2 is 0.582 bits per heavy atom. The zero-order valence-electron chi connectivity index (χ0n) is 58.2. The van der Waals surface area contributed by atoms with Crippen LogP contribution in [0.15, 0.2) is 344 Å². The highest BCUT2D eigenvalue weighted by atomic mass is 35.5. The lowest BCUT2D eigenvalue weighted by atomic mass is 9.95. The van der Waals surface area contributed by atoms with Gasteiger partial charge in [-0.05, 0) is 155 Å². The maximum Gasteiger partial charge on any atom is 0.226 e. The molecule has 110 heavy (non-hydrogen) atoms. The normalized spacial score (nSPS) is 11.4. The number of hydrogen-bond acceptors (Lipinski definition) is 12. The van der Waals surface area contributed by atoms with Crippen molar-refractivity contribution in [3.05, 3.63) is 356 Å². The molecule has 6 heterocycles. The Bertz CT molecular complexity index is 7100. The highest BCUT2D eigenvalue weighted by molar-refractivity contribution is 7.26. The first kappa shape index (κ1) is 67.6. The predicted octanol–water partition coefficient (Wildman–Crippen LogP) is 27.2. The molecule has 21 rings (SSSR count). The van der Waals surface area contributed by atoms with Crippen molar-refractivity contribution in [1.29, 1.82) is 0 Å². The van der Waals surface area contributed by atoms with Crippen LogP contribution in [0.4, 0.5) is 0 Å². The summed E-state index contributed by atoms with van der Waals surface area (Å²) in [6.45, 7) is 0. The Morgan fingerprint density at radius 3 is 1.26 bits per heavy atom. The van der Waals surface area contributed by atoms with Crippen molar-refractivity contribution in [1.82, 2.24) is 44.9 Å². The van der Waals surface area contributed by atoms with E-state index >= 15 is 0 Å². The topological polar surface area (TPSA) is 129 Å². The second kappa shape index (κ2) is 29.3. The lowest BCUT2D eigenvalue weighted by molar-refractivity contribution is 0.669. The minimum Gasteiger partial charge on any atom is -0.456 e. The monoisotopic (exact) mass is 1510 g/mol. The van der Waals surface area contributed by atoms with Gasteiger partial charge in [-0.2, -0.15) is 29.9 Å². The quantitative estimate of drug-likeness (QED) is 0.130. The van der Waals surface area contributed by atoms with E-state index in [2.05, 4.69) is 266 Å². The smallest absolute Gasteiger partial charge is 0.226 e. The molecule has 0 spiro atoms. The van der Waals surface area contributed by atoms with Crippen molar-refractivity contribution in [2.75, 3.05) is 0 Å². The van der Waals surface area contributed by atoms with Crippen molar-refractivity contribution in [2.24, 2.45) is 0 Å². The fourth-order valence-corrected chi connectivity index (χ4v) is 17.3. The summed E-state index contributed by atoms with van der Waals surface area (Å²) in [6.07, 6.45) is 0. The van der Waals surface area contributed by atoms with E-state index in [4.69, 9.17) is 54.2 Å². The molecule has 0 radical (unpaired) electrons. The Hall–Kier alpha value is -13.0. The van der Waals surface area contributed by atoms with E-state index in [1.54, 1.807) is 11.3 Å². The number of para-hydroxylation sites is 1. The van der Waals surface area contributed by atoms with Crippen LogP contribution in [-0.2, 0) is 0 Å². The van der Waals surface area contributed by atoms with Gasteiger partial charge in [0.1, 0.15) is 11.2 Å². The van der Waals surface area contributed by atoms with Gasteiger partial charge in [0.25, 0.3) is 0 Å². The number of fused-ring (bicyclic) bond motifs is 11. The number of halogens is 3. The van der Waals surface area contributed by atoms with E-state index in [1.807, 2.05) is 114 Å². The summed E-state index contributed by atoms with van der Waals surface area (Å²) in [5.41, 5.74) is 16.1. The van der Waals surface area contributed by atoms with Gasteiger partial charge in [0.2, 0.25) is 15.9 Å². The Balaban J connectivity index is 0.000000112. The molecule has 0 aliphatic carbocycles. The molecule has 0 amide bonds. The van der Waals surface area contributed by atoms with Crippen LogP contribution in [0.1, 0.15) is 0 Å². The molecular formula is C95H56Cl3N9OS2. The molecule has 0 fully saturated rings. The van der Waals surface area contributed by atoms with Crippen LogP contribution in [-0.4, -0.2) is 44.9 Å². The zero-order valence-corrected chi connectivity index (χ0v) is 62.1. The summed E-state index contributed by atoms with van der Waals surface area (Å²) in [5, 5.41) is 12.3. The minimum atomic E-state index is 0.148. The third-order valence-electron chi connectivity index (χ3n) is 19.7. The first-order chi connectivity index (χ1) is 54.2. The molecular weight excluding hydrogens is 1450 g/mol. The van der Waals surface area contributed by atoms with Crippen LogP contribution in [0.3, 0.4) is 0 Å². The lowest BCUT2D eigenvalue weighted by Crippen LogP contribution is -1.98. The average Bonchev–Trinajstić information content (AvgIpc) is 1.58. The maximum absolute atomic E-state index is 6.47. The van der Waals surface area contributed by atoms with Crippen molar-refractivity contribution >= 4 is 141 Å². The highest BCUT2D eigenvalue weighted by Crippen LogP contribution is 2.44. The van der Waals surface area contributed by atoms with Gasteiger partial charge in [-0.15, -0.1) is 22.7 Å². The Labute approximate surface area is 654 Å². The first-order valence-corrected chi connectivity index (χ1v) is 38.4. The average molecular weight is 1510 g/mol. The third kappa shape index (κ3) is 13.2. The SMILES string of the molecule is Clc1nc(-c2ccc(-c3cccc4ccccc34)cc2)nc(-c2ccc3sc4ccccc4c3c2)n1.Clc1nc(-c2ccc(-c3ccccc3)cc2)nc(-c2ccccc2-c2cccc3sc4ccccc4c23)n1.Clc1nc(-c2cccc(-c3cccc4ccccc34)c2)nc(-c2cccc3oc4ccccc4c23)n1. The molecule has 0 unspecified atom stereocenters. The second-order valence-corrected chi connectivity index (χ2v) is 29.5. The molecule has 0 bridgehead atoms. The first-order valence-electron chi connectivity index (χ1n) is 35.6. The van der Waals surface area contributed by atoms with E-state index in [9.17, 15) is 0 Å². The molecule has 0 saturated heterocycles. The van der Waals surface area contributed by atoms with Crippen molar-refractivity contribution < 1.29 is 4.42 Å². The number of thiophene rings is 2. The van der Waals surface area contributed by atoms with Crippen LogP contribution in [0.25, 0.3) is 197 Å². The van der Waals surface area contributed by atoms with Gasteiger partial charge in [0.15, 0.2) is 34.9 Å². The molecule has 0 aliphatic rings. The third-order valence-corrected chi connectivity index (χ3v) is 22.5. The fourth-order valence-electron chi connectivity index (χ4n) is 14.6. The van der Waals surface area contributed by atoms with E-state index in [-0.39, 0.29) is 15.9 Å².